The molecule has 0 saturated carbocycles. The monoisotopic (exact) mass is 453 g/mol. The Balaban J connectivity index is 1.77. The summed E-state index contributed by atoms with van der Waals surface area (Å²) in [6, 6.07) is 12.8. The Labute approximate surface area is 179 Å². The molecule has 1 aliphatic heterocycles. The molecule has 2 atom stereocenters. The fourth-order valence-corrected chi connectivity index (χ4v) is 5.14. The quantitative estimate of drug-likeness (QED) is 0.769. The Morgan fingerprint density at radius 2 is 1.65 bits per heavy atom. The van der Waals surface area contributed by atoms with Crippen LogP contribution in [0.1, 0.15) is 25.0 Å². The van der Waals surface area contributed by atoms with Gasteiger partial charge in [0.25, 0.3) is 0 Å². The van der Waals surface area contributed by atoms with Gasteiger partial charge in [-0.15, -0.1) is 0 Å². The predicted molar refractivity (Wildman–Crippen MR) is 109 cm³/mol. The van der Waals surface area contributed by atoms with Crippen molar-refractivity contribution in [2.45, 2.75) is 36.6 Å². The van der Waals surface area contributed by atoms with E-state index in [1.54, 1.807) is 31.2 Å². The number of sulfonamides is 1. The molecule has 0 radical (unpaired) electrons. The average molecular weight is 453 g/mol. The minimum absolute atomic E-state index is 0.132. The van der Waals surface area contributed by atoms with Crippen LogP contribution in [0.15, 0.2) is 53.4 Å². The molecule has 2 aromatic carbocycles. The molecule has 1 N–H and O–H groups in total. The summed E-state index contributed by atoms with van der Waals surface area (Å²) in [6.07, 6.45) is -4.89. The minimum Gasteiger partial charge on any atom is -0.376 e. The molecule has 1 saturated heterocycles. The molecular weight excluding hydrogens is 431 g/mol. The zero-order valence-corrected chi connectivity index (χ0v) is 17.8. The van der Waals surface area contributed by atoms with Gasteiger partial charge in [0, 0.05) is 31.4 Å². The third kappa shape index (κ3) is 4.39. The molecule has 0 amide bonds. The molecule has 0 aliphatic carbocycles. The number of anilines is 1. The largest absolute Gasteiger partial charge is 0.421 e. The Hall–Kier alpha value is -2.61. The Morgan fingerprint density at radius 1 is 1.06 bits per heavy atom. The maximum Gasteiger partial charge on any atom is 0.421 e. The molecule has 1 heterocycles. The van der Waals surface area contributed by atoms with E-state index >= 15 is 0 Å². The fraction of sp³-hybridized carbons (Fsp3) is 0.381. The Morgan fingerprint density at radius 3 is 2.13 bits per heavy atom. The molecular formula is C21H22F3N3O3S. The summed E-state index contributed by atoms with van der Waals surface area (Å²) in [5.74, 6) is 0. The summed E-state index contributed by atoms with van der Waals surface area (Å²) in [5, 5.41) is 18.7. The van der Waals surface area contributed by atoms with Gasteiger partial charge in [-0.3, -0.25) is 0 Å². The van der Waals surface area contributed by atoms with Gasteiger partial charge >= 0.3 is 6.18 Å². The van der Waals surface area contributed by atoms with Gasteiger partial charge in [0.05, 0.1) is 16.5 Å². The number of hydrogen-bond acceptors (Lipinski definition) is 5. The standard InChI is InChI=1S/C21H22F3N3O3S/c1-15-14-26(18-7-3-16(13-25)4-8-18)11-12-27(15)31(29,30)19-9-5-17(6-10-19)20(2,28)21(22,23)24/h3-10,15,28H,11-12,14H2,1-2H3/t15?,20-/m0/s1. The molecule has 10 heteroatoms. The fourth-order valence-electron chi connectivity index (χ4n) is 3.53. The minimum atomic E-state index is -4.89. The molecule has 1 unspecified atom stereocenters. The van der Waals surface area contributed by atoms with Crippen LogP contribution in [0.4, 0.5) is 18.9 Å². The van der Waals surface area contributed by atoms with E-state index < -0.39 is 27.4 Å². The first kappa shape index (κ1) is 23.1. The lowest BCUT2D eigenvalue weighted by atomic mass is 9.96. The van der Waals surface area contributed by atoms with Crippen molar-refractivity contribution >= 4 is 15.7 Å². The zero-order chi connectivity index (χ0) is 23.0. The lowest BCUT2D eigenvalue weighted by Gasteiger charge is -2.40. The van der Waals surface area contributed by atoms with E-state index in [0.29, 0.717) is 25.6 Å². The molecule has 0 bridgehead atoms. The third-order valence-electron chi connectivity index (χ3n) is 5.50. The molecule has 31 heavy (non-hydrogen) atoms. The molecule has 3 rings (SSSR count). The number of aliphatic hydroxyl groups is 1. The molecule has 1 fully saturated rings. The topological polar surface area (TPSA) is 84.6 Å². The van der Waals surface area contributed by atoms with Gasteiger partial charge in [-0.2, -0.15) is 22.7 Å². The highest BCUT2D eigenvalue weighted by Gasteiger charge is 2.51. The van der Waals surface area contributed by atoms with Gasteiger partial charge in [0.2, 0.25) is 10.0 Å². The van der Waals surface area contributed by atoms with Crippen molar-refractivity contribution in [2.75, 3.05) is 24.5 Å². The number of nitrogens with zero attached hydrogens (tertiary/aromatic N) is 3. The van der Waals surface area contributed by atoms with Gasteiger partial charge in [-0.25, -0.2) is 8.42 Å². The van der Waals surface area contributed by atoms with E-state index in [-0.39, 0.29) is 17.5 Å². The van der Waals surface area contributed by atoms with E-state index in [2.05, 4.69) is 0 Å². The molecule has 0 aromatic heterocycles. The number of nitriles is 1. The average Bonchev–Trinajstić information content (AvgIpc) is 2.73. The maximum atomic E-state index is 13.1. The van der Waals surface area contributed by atoms with Crippen LogP contribution in [-0.4, -0.2) is 49.7 Å². The smallest absolute Gasteiger partial charge is 0.376 e. The first-order valence-corrected chi connectivity index (χ1v) is 11.0. The first-order valence-electron chi connectivity index (χ1n) is 9.54. The summed E-state index contributed by atoms with van der Waals surface area (Å²) in [6.45, 7) is 3.44. The molecule has 2 aromatic rings. The van der Waals surface area contributed by atoms with Gasteiger partial charge in [-0.1, -0.05) is 12.1 Å². The van der Waals surface area contributed by atoms with Crippen molar-refractivity contribution in [1.82, 2.24) is 4.31 Å². The lowest BCUT2D eigenvalue weighted by molar-refractivity contribution is -0.258. The summed E-state index contributed by atoms with van der Waals surface area (Å²) >= 11 is 0. The number of halogens is 3. The second kappa shape index (κ2) is 8.15. The van der Waals surface area contributed by atoms with Crippen LogP contribution < -0.4 is 4.90 Å². The van der Waals surface area contributed by atoms with E-state index in [9.17, 15) is 26.7 Å². The Kier molecular flexibility index (Phi) is 6.06. The molecule has 166 valence electrons. The van der Waals surface area contributed by atoms with Crippen molar-refractivity contribution < 1.29 is 26.7 Å². The summed E-state index contributed by atoms with van der Waals surface area (Å²) in [5.41, 5.74) is -2.10. The normalized spacial score (nSPS) is 20.2. The van der Waals surface area contributed by atoms with Crippen LogP contribution in [0, 0.1) is 11.3 Å². The number of piperazine rings is 1. The molecule has 0 spiro atoms. The second-order valence-corrected chi connectivity index (χ2v) is 9.55. The zero-order valence-electron chi connectivity index (χ0n) is 17.0. The van der Waals surface area contributed by atoms with Crippen molar-refractivity contribution in [3.8, 4) is 6.07 Å². The van der Waals surface area contributed by atoms with Crippen LogP contribution in [0.2, 0.25) is 0 Å². The lowest BCUT2D eigenvalue weighted by Crippen LogP contribution is -2.54. The van der Waals surface area contributed by atoms with Gasteiger partial charge in [-0.05, 0) is 55.8 Å². The number of hydrogen-bond donors (Lipinski definition) is 1. The SMILES string of the molecule is CC1CN(c2ccc(C#N)cc2)CCN1S(=O)(=O)c1ccc([C@](C)(O)C(F)(F)F)cc1. The summed E-state index contributed by atoms with van der Waals surface area (Å²) < 4.78 is 66.5. The Bertz CT molecular complexity index is 1080. The summed E-state index contributed by atoms with van der Waals surface area (Å²) in [4.78, 5) is 1.88. The number of benzene rings is 2. The van der Waals surface area contributed by atoms with Crippen molar-refractivity contribution in [2.24, 2.45) is 0 Å². The van der Waals surface area contributed by atoms with Crippen LogP contribution in [0.25, 0.3) is 0 Å². The first-order chi connectivity index (χ1) is 14.4. The predicted octanol–water partition coefficient (Wildman–Crippen LogP) is 3.23. The van der Waals surface area contributed by atoms with Crippen LogP contribution in [-0.2, 0) is 15.6 Å². The summed E-state index contributed by atoms with van der Waals surface area (Å²) in [7, 11) is -3.92. The van der Waals surface area contributed by atoms with E-state index in [0.717, 1.165) is 30.0 Å². The van der Waals surface area contributed by atoms with Gasteiger partial charge < -0.3 is 10.0 Å². The number of rotatable bonds is 4. The molecule has 1 aliphatic rings. The van der Waals surface area contributed by atoms with Crippen molar-refractivity contribution in [1.29, 1.82) is 5.26 Å². The van der Waals surface area contributed by atoms with E-state index in [4.69, 9.17) is 5.26 Å². The third-order valence-corrected chi connectivity index (χ3v) is 7.53. The van der Waals surface area contributed by atoms with Gasteiger partial charge in [0.1, 0.15) is 0 Å². The second-order valence-electron chi connectivity index (χ2n) is 7.66. The van der Waals surface area contributed by atoms with Gasteiger partial charge in [0.15, 0.2) is 5.60 Å². The highest BCUT2D eigenvalue weighted by atomic mass is 32.2. The van der Waals surface area contributed by atoms with E-state index in [1.165, 1.54) is 4.31 Å². The van der Waals surface area contributed by atoms with Crippen LogP contribution >= 0.6 is 0 Å². The molecule has 6 nitrogen and oxygen atoms in total. The highest BCUT2D eigenvalue weighted by molar-refractivity contribution is 7.89. The van der Waals surface area contributed by atoms with Crippen molar-refractivity contribution in [3.63, 3.8) is 0 Å². The van der Waals surface area contributed by atoms with Crippen LogP contribution in [0.3, 0.4) is 0 Å². The van der Waals surface area contributed by atoms with Crippen LogP contribution in [0.5, 0.6) is 0 Å². The van der Waals surface area contributed by atoms with Crippen molar-refractivity contribution in [3.05, 3.63) is 59.7 Å². The highest BCUT2D eigenvalue weighted by Crippen LogP contribution is 2.38. The number of alkyl halides is 3. The van der Waals surface area contributed by atoms with E-state index in [1.807, 2.05) is 11.0 Å². The maximum absolute atomic E-state index is 13.1.